The third-order valence-electron chi connectivity index (χ3n) is 2.33. The van der Waals surface area contributed by atoms with Gasteiger partial charge in [-0.2, -0.15) is 0 Å². The molecule has 1 aliphatic rings. The molecule has 2 atom stereocenters. The highest BCUT2D eigenvalue weighted by atomic mass is 16.5. The van der Waals surface area contributed by atoms with Gasteiger partial charge in [0, 0.05) is 21.1 Å². The van der Waals surface area contributed by atoms with Crippen LogP contribution in [0.15, 0.2) is 0 Å². The topological polar surface area (TPSA) is 38.3 Å². The summed E-state index contributed by atoms with van der Waals surface area (Å²) >= 11 is 0. The maximum Gasteiger partial charge on any atom is 0.216 e. The molecule has 1 rings (SSSR count). The fraction of sp³-hybridized carbons (Fsp3) is 0.917. The molecule has 0 aromatic rings. The van der Waals surface area contributed by atoms with Crippen LogP contribution in [-0.4, -0.2) is 26.2 Å². The van der Waals surface area contributed by atoms with Gasteiger partial charge in [0.25, 0.3) is 0 Å². The van der Waals surface area contributed by atoms with Gasteiger partial charge in [-0.25, -0.2) is 0 Å². The lowest BCUT2D eigenvalue weighted by Crippen LogP contribution is -2.11. The smallest absolute Gasteiger partial charge is 0.216 e. The summed E-state index contributed by atoms with van der Waals surface area (Å²) in [5.74, 6) is 0.907. The lowest BCUT2D eigenvalue weighted by atomic mass is 10.1. The normalized spacial score (nSPS) is 23.1. The predicted octanol–water partition coefficient (Wildman–Crippen LogP) is 2.60. The van der Waals surface area contributed by atoms with Crippen molar-refractivity contribution in [3.63, 3.8) is 0 Å². The van der Waals surface area contributed by atoms with Gasteiger partial charge in [0.2, 0.25) is 5.91 Å². The number of methoxy groups -OCH3 is 1. The second kappa shape index (κ2) is 11.5. The molecule has 92 valence electrons. The summed E-state index contributed by atoms with van der Waals surface area (Å²) in [6.45, 7) is 7.76. The SMILES string of the molecule is CC.CNC(C)=O.CO[C@H]1CC[C@H](C)C1. The van der Waals surface area contributed by atoms with E-state index in [0.717, 1.165) is 5.92 Å². The van der Waals surface area contributed by atoms with Gasteiger partial charge in [-0.05, 0) is 25.2 Å². The first kappa shape index (κ1) is 16.8. The Morgan fingerprint density at radius 1 is 1.33 bits per heavy atom. The van der Waals surface area contributed by atoms with Crippen LogP contribution >= 0.6 is 0 Å². The second-order valence-electron chi connectivity index (χ2n) is 3.58. The minimum absolute atomic E-state index is 0.00463. The maximum absolute atomic E-state index is 9.70. The molecular formula is C12H27NO2. The zero-order chi connectivity index (χ0) is 12.3. The number of hydrogen-bond donors (Lipinski definition) is 1. The Kier molecular flexibility index (Phi) is 12.9. The van der Waals surface area contributed by atoms with E-state index in [0.29, 0.717) is 6.10 Å². The van der Waals surface area contributed by atoms with E-state index in [1.807, 2.05) is 21.0 Å². The summed E-state index contributed by atoms with van der Waals surface area (Å²) in [6.07, 6.45) is 4.48. The van der Waals surface area contributed by atoms with E-state index in [2.05, 4.69) is 12.2 Å². The van der Waals surface area contributed by atoms with Crippen molar-refractivity contribution in [1.29, 1.82) is 0 Å². The van der Waals surface area contributed by atoms with E-state index in [4.69, 9.17) is 4.74 Å². The predicted molar refractivity (Wildman–Crippen MR) is 64.9 cm³/mol. The van der Waals surface area contributed by atoms with Crippen molar-refractivity contribution in [3.05, 3.63) is 0 Å². The Morgan fingerprint density at radius 2 is 1.80 bits per heavy atom. The van der Waals surface area contributed by atoms with Crippen molar-refractivity contribution in [1.82, 2.24) is 5.32 Å². The zero-order valence-corrected chi connectivity index (χ0v) is 11.1. The van der Waals surface area contributed by atoms with Gasteiger partial charge in [0.1, 0.15) is 0 Å². The van der Waals surface area contributed by atoms with E-state index >= 15 is 0 Å². The molecule has 0 aliphatic heterocycles. The van der Waals surface area contributed by atoms with E-state index in [1.54, 1.807) is 7.05 Å². The van der Waals surface area contributed by atoms with E-state index in [-0.39, 0.29) is 5.91 Å². The minimum Gasteiger partial charge on any atom is -0.381 e. The van der Waals surface area contributed by atoms with Crippen molar-refractivity contribution in [2.45, 2.75) is 53.1 Å². The third kappa shape index (κ3) is 11.4. The molecule has 3 nitrogen and oxygen atoms in total. The average molecular weight is 217 g/mol. The first-order valence-corrected chi connectivity index (χ1v) is 5.81. The van der Waals surface area contributed by atoms with Crippen molar-refractivity contribution < 1.29 is 9.53 Å². The first-order chi connectivity index (χ1) is 7.10. The zero-order valence-electron chi connectivity index (χ0n) is 11.1. The first-order valence-electron chi connectivity index (χ1n) is 5.81. The number of nitrogens with one attached hydrogen (secondary N) is 1. The van der Waals surface area contributed by atoms with E-state index in [9.17, 15) is 4.79 Å². The lowest BCUT2D eigenvalue weighted by Gasteiger charge is -2.04. The summed E-state index contributed by atoms with van der Waals surface area (Å²) in [7, 11) is 3.41. The van der Waals surface area contributed by atoms with Crippen LogP contribution in [0, 0.1) is 5.92 Å². The molecular weight excluding hydrogens is 190 g/mol. The highest BCUT2D eigenvalue weighted by Crippen LogP contribution is 2.26. The van der Waals surface area contributed by atoms with Crippen LogP contribution < -0.4 is 5.32 Å². The van der Waals surface area contributed by atoms with Crippen LogP contribution in [0.1, 0.15) is 47.0 Å². The minimum atomic E-state index is 0.00463. The standard InChI is InChI=1S/C7H14O.C3H7NO.C2H6/c1-6-3-4-7(5-6)8-2;1-3(5)4-2;1-2/h6-7H,3-5H2,1-2H3;1-2H3,(H,4,5);1-2H3/t6-,7-;;/m0../s1. The molecule has 0 aromatic carbocycles. The Hall–Kier alpha value is -0.570. The second-order valence-corrected chi connectivity index (χ2v) is 3.58. The quantitative estimate of drug-likeness (QED) is 0.733. The van der Waals surface area contributed by atoms with Gasteiger partial charge >= 0.3 is 0 Å². The summed E-state index contributed by atoms with van der Waals surface area (Å²) < 4.78 is 5.18. The monoisotopic (exact) mass is 217 g/mol. The molecule has 0 radical (unpaired) electrons. The fourth-order valence-corrected chi connectivity index (χ4v) is 1.37. The van der Waals surface area contributed by atoms with Crippen molar-refractivity contribution in [3.8, 4) is 0 Å². The number of rotatable bonds is 1. The fourth-order valence-electron chi connectivity index (χ4n) is 1.37. The molecule has 15 heavy (non-hydrogen) atoms. The van der Waals surface area contributed by atoms with Gasteiger partial charge in [0.15, 0.2) is 0 Å². The average Bonchev–Trinajstić information content (AvgIpc) is 2.68. The van der Waals surface area contributed by atoms with Crippen LogP contribution in [-0.2, 0) is 9.53 Å². The number of carbonyl (C=O) groups is 1. The number of carbonyl (C=O) groups excluding carboxylic acids is 1. The van der Waals surface area contributed by atoms with E-state index < -0.39 is 0 Å². The largest absolute Gasteiger partial charge is 0.381 e. The summed E-state index contributed by atoms with van der Waals surface area (Å²) in [5, 5.41) is 2.39. The number of ether oxygens (including phenoxy) is 1. The van der Waals surface area contributed by atoms with E-state index in [1.165, 1.54) is 26.2 Å². The molecule has 0 heterocycles. The van der Waals surface area contributed by atoms with Gasteiger partial charge in [-0.1, -0.05) is 20.8 Å². The Morgan fingerprint density at radius 3 is 1.93 bits per heavy atom. The molecule has 3 heteroatoms. The summed E-state index contributed by atoms with van der Waals surface area (Å²) in [4.78, 5) is 9.70. The summed E-state index contributed by atoms with van der Waals surface area (Å²) in [5.41, 5.74) is 0. The molecule has 1 N–H and O–H groups in total. The molecule has 1 amide bonds. The van der Waals surface area contributed by atoms with Crippen LogP contribution in [0.3, 0.4) is 0 Å². The van der Waals surface area contributed by atoms with Crippen LogP contribution in [0.5, 0.6) is 0 Å². The van der Waals surface area contributed by atoms with Crippen molar-refractivity contribution >= 4 is 5.91 Å². The molecule has 0 saturated heterocycles. The molecule has 0 bridgehead atoms. The lowest BCUT2D eigenvalue weighted by molar-refractivity contribution is -0.118. The highest BCUT2D eigenvalue weighted by molar-refractivity contribution is 5.72. The Labute approximate surface area is 94.6 Å². The van der Waals surface area contributed by atoms with Gasteiger partial charge in [0.05, 0.1) is 6.10 Å². The molecule has 0 unspecified atom stereocenters. The Balaban J connectivity index is 0. The van der Waals surface area contributed by atoms with Gasteiger partial charge < -0.3 is 10.1 Å². The van der Waals surface area contributed by atoms with Crippen molar-refractivity contribution in [2.24, 2.45) is 5.92 Å². The van der Waals surface area contributed by atoms with Crippen molar-refractivity contribution in [2.75, 3.05) is 14.2 Å². The van der Waals surface area contributed by atoms with Crippen LogP contribution in [0.25, 0.3) is 0 Å². The van der Waals surface area contributed by atoms with Gasteiger partial charge in [-0.15, -0.1) is 0 Å². The molecule has 1 saturated carbocycles. The molecule has 0 aromatic heterocycles. The van der Waals surface area contributed by atoms with Gasteiger partial charge in [-0.3, -0.25) is 4.79 Å². The summed E-state index contributed by atoms with van der Waals surface area (Å²) in [6, 6.07) is 0. The molecule has 1 aliphatic carbocycles. The molecule has 0 spiro atoms. The number of amides is 1. The third-order valence-corrected chi connectivity index (χ3v) is 2.33. The highest BCUT2D eigenvalue weighted by Gasteiger charge is 2.19. The van der Waals surface area contributed by atoms with Crippen LogP contribution in [0.4, 0.5) is 0 Å². The maximum atomic E-state index is 9.70. The number of hydrogen-bond acceptors (Lipinski definition) is 2. The Bertz CT molecular complexity index is 149. The molecule has 1 fully saturated rings. The van der Waals surface area contributed by atoms with Crippen LogP contribution in [0.2, 0.25) is 0 Å².